The Labute approximate surface area is 171 Å². The molecule has 0 saturated carbocycles. The van der Waals surface area contributed by atoms with Crippen molar-refractivity contribution in [3.63, 3.8) is 0 Å². The summed E-state index contributed by atoms with van der Waals surface area (Å²) in [6, 6.07) is 18.0. The van der Waals surface area contributed by atoms with Crippen LogP contribution in [-0.2, 0) is 10.3 Å². The van der Waals surface area contributed by atoms with Crippen LogP contribution in [0.3, 0.4) is 0 Å². The molecular weight excluding hydrogens is 426 g/mol. The van der Waals surface area contributed by atoms with Crippen LogP contribution in [-0.4, -0.2) is 12.1 Å². The maximum atomic E-state index is 6.46. The van der Waals surface area contributed by atoms with E-state index in [4.69, 9.17) is 21.1 Å². The zero-order valence-corrected chi connectivity index (χ0v) is 16.9. The molecule has 0 aliphatic carbocycles. The quantitative estimate of drug-likeness (QED) is 0.491. The molecule has 2 heterocycles. The van der Waals surface area contributed by atoms with Gasteiger partial charge in [0.15, 0.2) is 5.60 Å². The van der Waals surface area contributed by atoms with Gasteiger partial charge in [0, 0.05) is 28.0 Å². The number of rotatable bonds is 4. The van der Waals surface area contributed by atoms with Crippen LogP contribution in [0.2, 0.25) is 5.02 Å². The summed E-state index contributed by atoms with van der Waals surface area (Å²) in [5.41, 5.74) is 2.40. The van der Waals surface area contributed by atoms with Gasteiger partial charge < -0.3 is 9.47 Å². The zero-order chi connectivity index (χ0) is 18.9. The molecule has 1 aromatic heterocycles. The van der Waals surface area contributed by atoms with Crippen LogP contribution in [0.1, 0.15) is 22.6 Å². The first-order chi connectivity index (χ1) is 13.1. The first kappa shape index (κ1) is 18.1. The molecular formula is C22H17BrClNO2. The lowest BCUT2D eigenvalue weighted by atomic mass is 9.74. The normalized spacial score (nSPS) is 21.1. The lowest BCUT2D eigenvalue weighted by Gasteiger charge is -2.36. The predicted octanol–water partition coefficient (Wildman–Crippen LogP) is 6.08. The van der Waals surface area contributed by atoms with Crippen molar-refractivity contribution in [2.24, 2.45) is 0 Å². The molecule has 1 aliphatic rings. The smallest absolute Gasteiger partial charge is 0.168 e. The molecule has 0 spiro atoms. The summed E-state index contributed by atoms with van der Waals surface area (Å²) in [6.07, 6.45) is 7.45. The SMILES string of the molecule is COc1ccc(C2(c3ccc(Br)cc3)OC=CC2c2ccncc2)cc1Cl. The summed E-state index contributed by atoms with van der Waals surface area (Å²) in [4.78, 5) is 4.15. The first-order valence-corrected chi connectivity index (χ1v) is 9.66. The summed E-state index contributed by atoms with van der Waals surface area (Å²) in [6.45, 7) is 0. The van der Waals surface area contributed by atoms with Crippen molar-refractivity contribution in [2.75, 3.05) is 7.11 Å². The number of pyridine rings is 1. The highest BCUT2D eigenvalue weighted by atomic mass is 79.9. The van der Waals surface area contributed by atoms with Crippen LogP contribution < -0.4 is 4.74 Å². The molecule has 3 aromatic rings. The van der Waals surface area contributed by atoms with E-state index in [1.54, 1.807) is 25.8 Å². The number of nitrogens with zero attached hydrogens (tertiary/aromatic N) is 1. The molecule has 4 rings (SSSR count). The molecule has 2 unspecified atom stereocenters. The minimum Gasteiger partial charge on any atom is -0.495 e. The highest BCUT2D eigenvalue weighted by molar-refractivity contribution is 9.10. The lowest BCUT2D eigenvalue weighted by Crippen LogP contribution is -2.33. The van der Waals surface area contributed by atoms with Crippen molar-refractivity contribution in [1.29, 1.82) is 0 Å². The molecule has 0 saturated heterocycles. The second-order valence-corrected chi connectivity index (χ2v) is 7.62. The number of benzene rings is 2. The van der Waals surface area contributed by atoms with Crippen molar-refractivity contribution in [2.45, 2.75) is 11.5 Å². The summed E-state index contributed by atoms with van der Waals surface area (Å²) in [5, 5.41) is 0.551. The van der Waals surface area contributed by atoms with E-state index in [0.29, 0.717) is 10.8 Å². The van der Waals surface area contributed by atoms with Crippen LogP contribution in [0, 0.1) is 0 Å². The predicted molar refractivity (Wildman–Crippen MR) is 110 cm³/mol. The minimum atomic E-state index is -0.724. The molecule has 2 aromatic carbocycles. The summed E-state index contributed by atoms with van der Waals surface area (Å²) in [5.74, 6) is 0.615. The van der Waals surface area contributed by atoms with E-state index < -0.39 is 5.60 Å². The van der Waals surface area contributed by atoms with Crippen molar-refractivity contribution in [1.82, 2.24) is 4.98 Å². The molecule has 3 nitrogen and oxygen atoms in total. The third-order valence-corrected chi connectivity index (χ3v) is 5.71. The first-order valence-electron chi connectivity index (χ1n) is 8.49. The standard InChI is InChI=1S/C22H17BrClNO2/c1-26-21-7-4-17(14-20(21)24)22(16-2-5-18(23)6-3-16)19(10-13-27-22)15-8-11-25-12-9-15/h2-14,19H,1H3. The number of ether oxygens (including phenoxy) is 2. The summed E-state index contributed by atoms with van der Waals surface area (Å²) < 4.78 is 12.7. The average Bonchev–Trinajstić information content (AvgIpc) is 3.15. The third kappa shape index (κ3) is 3.13. The van der Waals surface area contributed by atoms with Gasteiger partial charge in [-0.3, -0.25) is 4.98 Å². The van der Waals surface area contributed by atoms with Gasteiger partial charge in [-0.15, -0.1) is 0 Å². The molecule has 1 aliphatic heterocycles. The molecule has 27 heavy (non-hydrogen) atoms. The highest BCUT2D eigenvalue weighted by Crippen LogP contribution is 2.51. The Hall–Kier alpha value is -2.30. The van der Waals surface area contributed by atoms with Gasteiger partial charge in [-0.05, 0) is 48.0 Å². The Bertz CT molecular complexity index is 975. The van der Waals surface area contributed by atoms with Crippen LogP contribution in [0.15, 0.2) is 83.8 Å². The molecule has 0 fully saturated rings. The Morgan fingerprint density at radius 1 is 1.04 bits per heavy atom. The third-order valence-electron chi connectivity index (χ3n) is 4.88. The Morgan fingerprint density at radius 3 is 2.41 bits per heavy atom. The van der Waals surface area contributed by atoms with Crippen LogP contribution >= 0.6 is 27.5 Å². The van der Waals surface area contributed by atoms with E-state index in [-0.39, 0.29) is 5.92 Å². The summed E-state index contributed by atoms with van der Waals surface area (Å²) in [7, 11) is 1.61. The molecule has 136 valence electrons. The highest BCUT2D eigenvalue weighted by Gasteiger charge is 2.46. The van der Waals surface area contributed by atoms with E-state index in [9.17, 15) is 0 Å². The van der Waals surface area contributed by atoms with Gasteiger partial charge in [0.2, 0.25) is 0 Å². The van der Waals surface area contributed by atoms with Gasteiger partial charge in [-0.1, -0.05) is 45.7 Å². The van der Waals surface area contributed by atoms with Crippen LogP contribution in [0.4, 0.5) is 0 Å². The maximum Gasteiger partial charge on any atom is 0.168 e. The van der Waals surface area contributed by atoms with Gasteiger partial charge in [0.1, 0.15) is 5.75 Å². The van der Waals surface area contributed by atoms with Gasteiger partial charge in [-0.2, -0.15) is 0 Å². The minimum absolute atomic E-state index is 0.0221. The van der Waals surface area contributed by atoms with E-state index in [1.165, 1.54) is 0 Å². The van der Waals surface area contributed by atoms with Gasteiger partial charge in [0.05, 0.1) is 24.3 Å². The monoisotopic (exact) mass is 441 g/mol. The van der Waals surface area contributed by atoms with Crippen molar-refractivity contribution < 1.29 is 9.47 Å². The van der Waals surface area contributed by atoms with Crippen molar-refractivity contribution >= 4 is 27.5 Å². The van der Waals surface area contributed by atoms with Crippen molar-refractivity contribution in [3.05, 3.63) is 106 Å². The van der Waals surface area contributed by atoms with Gasteiger partial charge >= 0.3 is 0 Å². The van der Waals surface area contributed by atoms with E-state index in [2.05, 4.69) is 39.1 Å². The Balaban J connectivity index is 1.93. The zero-order valence-electron chi connectivity index (χ0n) is 14.6. The average molecular weight is 443 g/mol. The number of aromatic nitrogens is 1. The fourth-order valence-electron chi connectivity index (χ4n) is 3.61. The molecule has 5 heteroatoms. The largest absolute Gasteiger partial charge is 0.495 e. The fourth-order valence-corrected chi connectivity index (χ4v) is 4.13. The van der Waals surface area contributed by atoms with Gasteiger partial charge in [0.25, 0.3) is 0 Å². The number of hydrogen-bond donors (Lipinski definition) is 0. The van der Waals surface area contributed by atoms with Crippen LogP contribution in [0.25, 0.3) is 0 Å². The summed E-state index contributed by atoms with van der Waals surface area (Å²) >= 11 is 9.97. The topological polar surface area (TPSA) is 31.4 Å². The number of methoxy groups -OCH3 is 1. The van der Waals surface area contributed by atoms with Gasteiger partial charge in [-0.25, -0.2) is 0 Å². The molecule has 0 bridgehead atoms. The lowest BCUT2D eigenvalue weighted by molar-refractivity contribution is 0.0679. The molecule has 0 amide bonds. The molecule has 0 N–H and O–H groups in total. The second-order valence-electron chi connectivity index (χ2n) is 6.30. The van der Waals surface area contributed by atoms with Crippen molar-refractivity contribution in [3.8, 4) is 5.75 Å². The second kappa shape index (κ2) is 7.37. The Morgan fingerprint density at radius 2 is 1.74 bits per heavy atom. The number of hydrogen-bond acceptors (Lipinski definition) is 3. The Kier molecular flexibility index (Phi) is 4.94. The molecule has 2 atom stereocenters. The number of halogens is 2. The fraction of sp³-hybridized carbons (Fsp3) is 0.136. The van der Waals surface area contributed by atoms with E-state index in [1.807, 2.05) is 42.5 Å². The van der Waals surface area contributed by atoms with E-state index in [0.717, 1.165) is 21.2 Å². The van der Waals surface area contributed by atoms with Crippen LogP contribution in [0.5, 0.6) is 5.75 Å². The maximum absolute atomic E-state index is 6.46. The van der Waals surface area contributed by atoms with E-state index >= 15 is 0 Å². The molecule has 0 radical (unpaired) electrons.